The zero-order valence-corrected chi connectivity index (χ0v) is 10.6. The predicted molar refractivity (Wildman–Crippen MR) is 67.8 cm³/mol. The number of hydrogen-bond acceptors (Lipinski definition) is 2. The van der Waals surface area contributed by atoms with Crippen molar-refractivity contribution in [3.8, 4) is 12.3 Å². The van der Waals surface area contributed by atoms with Crippen LogP contribution >= 0.6 is 7.14 Å². The van der Waals surface area contributed by atoms with Crippen molar-refractivity contribution < 1.29 is 13.3 Å². The van der Waals surface area contributed by atoms with Gasteiger partial charge < -0.3 is 9.88 Å². The van der Waals surface area contributed by atoms with E-state index in [-0.39, 0.29) is 17.8 Å². The van der Waals surface area contributed by atoms with Crippen LogP contribution < -0.4 is 10.6 Å². The molecule has 0 unspecified atom stereocenters. The van der Waals surface area contributed by atoms with Crippen LogP contribution in [0.15, 0.2) is 18.2 Å². The summed E-state index contributed by atoms with van der Waals surface area (Å²) in [6.07, 6.45) is 2.43. The predicted octanol–water partition coefficient (Wildman–Crippen LogP) is 2.92. The molecule has 0 bridgehead atoms. The van der Waals surface area contributed by atoms with Crippen LogP contribution in [-0.4, -0.2) is 19.9 Å². The summed E-state index contributed by atoms with van der Waals surface area (Å²) in [4.78, 5) is 0. The number of halogens is 2. The topological polar surface area (TPSA) is 29.1 Å². The van der Waals surface area contributed by atoms with Crippen molar-refractivity contribution in [3.63, 3.8) is 0 Å². The monoisotopic (exact) mass is 257 g/mol. The summed E-state index contributed by atoms with van der Waals surface area (Å²) in [6.45, 7) is 3.27. The first kappa shape index (κ1) is 13.7. The molecule has 1 N–H and O–H groups in total. The molecule has 0 fully saturated rings. The van der Waals surface area contributed by atoms with Crippen molar-refractivity contribution in [2.45, 2.75) is 6.43 Å². The number of nitrogens with one attached hydrogen (secondary N) is 1. The van der Waals surface area contributed by atoms with Gasteiger partial charge >= 0.3 is 0 Å². The summed E-state index contributed by atoms with van der Waals surface area (Å²) < 4.78 is 37.5. The first-order valence-corrected chi connectivity index (χ1v) is 7.61. The minimum atomic E-state index is -2.62. The molecule has 0 amide bonds. The van der Waals surface area contributed by atoms with Gasteiger partial charge in [0.25, 0.3) is 6.43 Å². The van der Waals surface area contributed by atoms with Gasteiger partial charge in [-0.1, -0.05) is 5.92 Å². The number of alkyl halides is 2. The quantitative estimate of drug-likeness (QED) is 0.663. The van der Waals surface area contributed by atoms with E-state index in [0.717, 1.165) is 0 Å². The molecule has 1 rings (SSSR count). The Balaban J connectivity index is 3.18. The molecule has 2 nitrogen and oxygen atoms in total. The van der Waals surface area contributed by atoms with Gasteiger partial charge in [-0.15, -0.1) is 6.42 Å². The number of rotatable bonds is 4. The molecule has 92 valence electrons. The highest BCUT2D eigenvalue weighted by Crippen LogP contribution is 2.37. The second kappa shape index (κ2) is 5.33. The molecule has 0 saturated carbocycles. The molecule has 0 aromatic heterocycles. The lowest BCUT2D eigenvalue weighted by Crippen LogP contribution is -2.09. The van der Waals surface area contributed by atoms with Gasteiger partial charge in [0.05, 0.1) is 6.54 Å². The highest BCUT2D eigenvalue weighted by molar-refractivity contribution is 7.70. The largest absolute Gasteiger partial charge is 0.374 e. The van der Waals surface area contributed by atoms with Gasteiger partial charge in [0.15, 0.2) is 0 Å². The zero-order valence-electron chi connectivity index (χ0n) is 9.71. The summed E-state index contributed by atoms with van der Waals surface area (Å²) in [7, 11) is -2.53. The summed E-state index contributed by atoms with van der Waals surface area (Å²) in [6, 6.07) is 4.36. The average molecular weight is 257 g/mol. The number of hydrogen-bond donors (Lipinski definition) is 1. The van der Waals surface area contributed by atoms with E-state index in [4.69, 9.17) is 6.42 Å². The minimum Gasteiger partial charge on any atom is -0.374 e. The van der Waals surface area contributed by atoms with Crippen molar-refractivity contribution in [1.82, 2.24) is 0 Å². The third-order valence-electron chi connectivity index (χ3n) is 2.27. The normalized spacial score (nSPS) is 11.3. The Bertz CT molecular complexity index is 488. The van der Waals surface area contributed by atoms with Crippen LogP contribution in [0.4, 0.5) is 14.5 Å². The van der Waals surface area contributed by atoms with Gasteiger partial charge in [-0.3, -0.25) is 0 Å². The SMILES string of the molecule is C#CCNc1ccc(P(C)(C)=O)cc1C(F)F. The maximum atomic E-state index is 12.8. The average Bonchev–Trinajstić information content (AvgIpc) is 2.24. The van der Waals surface area contributed by atoms with Crippen LogP contribution in [0.3, 0.4) is 0 Å². The highest BCUT2D eigenvalue weighted by atomic mass is 31.2. The van der Waals surface area contributed by atoms with E-state index in [2.05, 4.69) is 11.2 Å². The fraction of sp³-hybridized carbons (Fsp3) is 0.333. The Morgan fingerprint density at radius 3 is 2.59 bits per heavy atom. The molecule has 5 heteroatoms. The zero-order chi connectivity index (χ0) is 13.1. The summed E-state index contributed by atoms with van der Waals surface area (Å²) >= 11 is 0. The Labute approximate surface area is 99.8 Å². The summed E-state index contributed by atoms with van der Waals surface area (Å²) in [5.41, 5.74) is 0.122. The van der Waals surface area contributed by atoms with Crippen LogP contribution in [0.2, 0.25) is 0 Å². The van der Waals surface area contributed by atoms with Crippen LogP contribution in [0.25, 0.3) is 0 Å². The minimum absolute atomic E-state index is 0.165. The van der Waals surface area contributed by atoms with Crippen LogP contribution in [0.1, 0.15) is 12.0 Å². The van der Waals surface area contributed by atoms with Gasteiger partial charge in [-0.25, -0.2) is 8.78 Å². The van der Waals surface area contributed by atoms with Crippen LogP contribution in [0, 0.1) is 12.3 Å². The molecule has 0 saturated heterocycles. The Morgan fingerprint density at radius 2 is 2.12 bits per heavy atom. The van der Waals surface area contributed by atoms with Gasteiger partial charge in [0.1, 0.15) is 7.14 Å². The number of terminal acetylenes is 1. The van der Waals surface area contributed by atoms with E-state index >= 15 is 0 Å². The molecule has 0 atom stereocenters. The lowest BCUT2D eigenvalue weighted by Gasteiger charge is -2.14. The van der Waals surface area contributed by atoms with Crippen molar-refractivity contribution in [2.24, 2.45) is 0 Å². The van der Waals surface area contributed by atoms with E-state index in [9.17, 15) is 13.3 Å². The van der Waals surface area contributed by atoms with Crippen LogP contribution in [0.5, 0.6) is 0 Å². The Morgan fingerprint density at radius 1 is 1.47 bits per heavy atom. The lowest BCUT2D eigenvalue weighted by molar-refractivity contribution is 0.152. The Hall–Kier alpha value is -1.33. The van der Waals surface area contributed by atoms with E-state index in [0.29, 0.717) is 5.30 Å². The van der Waals surface area contributed by atoms with Crippen molar-refractivity contribution in [1.29, 1.82) is 0 Å². The first-order valence-electron chi connectivity index (χ1n) is 5.01. The highest BCUT2D eigenvalue weighted by Gasteiger charge is 2.18. The molecule has 0 aliphatic heterocycles. The van der Waals surface area contributed by atoms with Gasteiger partial charge in [-0.05, 0) is 31.5 Å². The second-order valence-corrected chi connectivity index (χ2v) is 7.20. The third kappa shape index (κ3) is 3.57. The maximum absolute atomic E-state index is 12.8. The van der Waals surface area contributed by atoms with Crippen molar-refractivity contribution in [2.75, 3.05) is 25.2 Å². The number of anilines is 1. The summed E-state index contributed by atoms with van der Waals surface area (Å²) in [5.74, 6) is 2.32. The van der Waals surface area contributed by atoms with Gasteiger partial charge in [0.2, 0.25) is 0 Å². The molecular weight excluding hydrogens is 243 g/mol. The molecule has 0 radical (unpaired) electrons. The Kier molecular flexibility index (Phi) is 4.31. The van der Waals surface area contributed by atoms with Gasteiger partial charge in [-0.2, -0.15) is 0 Å². The standard InChI is InChI=1S/C12H14F2NOP/c1-4-7-15-11-6-5-9(17(2,3)16)8-10(11)12(13)14/h1,5-6,8,12,15H,7H2,2-3H3. The first-order chi connectivity index (χ1) is 7.86. The molecule has 0 aliphatic carbocycles. The number of benzene rings is 1. The fourth-order valence-corrected chi connectivity index (χ4v) is 2.26. The van der Waals surface area contributed by atoms with Crippen molar-refractivity contribution in [3.05, 3.63) is 23.8 Å². The molecule has 0 aliphatic rings. The molecule has 0 spiro atoms. The molecule has 1 aromatic rings. The van der Waals surface area contributed by atoms with Crippen LogP contribution in [-0.2, 0) is 4.57 Å². The lowest BCUT2D eigenvalue weighted by atomic mass is 10.2. The smallest absolute Gasteiger partial charge is 0.265 e. The van der Waals surface area contributed by atoms with Gasteiger partial charge in [0, 0.05) is 16.6 Å². The molecule has 0 heterocycles. The molecular formula is C12H14F2NOP. The third-order valence-corrected chi connectivity index (χ3v) is 3.79. The maximum Gasteiger partial charge on any atom is 0.265 e. The van der Waals surface area contributed by atoms with Crippen molar-refractivity contribution >= 4 is 18.1 Å². The molecule has 17 heavy (non-hydrogen) atoms. The van der Waals surface area contributed by atoms with E-state index < -0.39 is 13.6 Å². The second-order valence-electron chi connectivity index (χ2n) is 3.98. The van der Waals surface area contributed by atoms with E-state index in [1.807, 2.05) is 0 Å². The van der Waals surface area contributed by atoms with E-state index in [1.54, 1.807) is 19.4 Å². The fourth-order valence-electron chi connectivity index (χ4n) is 1.37. The molecule has 1 aromatic carbocycles. The van der Waals surface area contributed by atoms with E-state index in [1.165, 1.54) is 12.1 Å². The summed E-state index contributed by atoms with van der Waals surface area (Å²) in [5, 5.41) is 3.16.